The lowest BCUT2D eigenvalue weighted by molar-refractivity contribution is -0.113. The Morgan fingerprint density at radius 1 is 1.07 bits per heavy atom. The Kier molecular flexibility index (Phi) is 5.76. The Hall–Kier alpha value is -2.93. The van der Waals surface area contributed by atoms with Crippen molar-refractivity contribution in [1.29, 1.82) is 0 Å². The normalized spacial score (nSPS) is 11.2. The molecule has 1 amide bonds. The van der Waals surface area contributed by atoms with Crippen molar-refractivity contribution in [1.82, 2.24) is 19.7 Å². The molecule has 0 aliphatic carbocycles. The van der Waals surface area contributed by atoms with Crippen LogP contribution in [0.2, 0.25) is 0 Å². The zero-order valence-electron chi connectivity index (χ0n) is 16.6. The molecule has 148 valence electrons. The summed E-state index contributed by atoms with van der Waals surface area (Å²) in [4.78, 5) is 17.1. The number of nitrogens with zero attached hydrogens (tertiary/aromatic N) is 4. The first-order valence-corrected chi connectivity index (χ1v) is 10.8. The number of anilines is 1. The molecule has 0 saturated carbocycles. The molecule has 0 fully saturated rings. The van der Waals surface area contributed by atoms with Crippen molar-refractivity contribution in [2.24, 2.45) is 0 Å². The minimum atomic E-state index is -0.0753. The number of hydrogen-bond donors (Lipinski definition) is 1. The molecular weight excluding hydrogens is 382 g/mol. The van der Waals surface area contributed by atoms with Crippen LogP contribution in [0.1, 0.15) is 25.8 Å². The highest BCUT2D eigenvalue weighted by Gasteiger charge is 2.15. The van der Waals surface area contributed by atoms with Gasteiger partial charge in [-0.25, -0.2) is 4.98 Å². The Morgan fingerprint density at radius 2 is 1.86 bits per heavy atom. The molecule has 6 nitrogen and oxygen atoms in total. The first-order chi connectivity index (χ1) is 14.2. The van der Waals surface area contributed by atoms with E-state index in [0.29, 0.717) is 5.16 Å². The maximum atomic E-state index is 12.4. The van der Waals surface area contributed by atoms with E-state index in [2.05, 4.69) is 40.0 Å². The lowest BCUT2D eigenvalue weighted by atomic mass is 10.1. The number of hydrogen-bond acceptors (Lipinski definition) is 5. The highest BCUT2D eigenvalue weighted by molar-refractivity contribution is 7.99. The summed E-state index contributed by atoms with van der Waals surface area (Å²) in [6.07, 6.45) is 1.87. The summed E-state index contributed by atoms with van der Waals surface area (Å²) in [7, 11) is 0. The van der Waals surface area contributed by atoms with Crippen LogP contribution in [0.4, 0.5) is 5.69 Å². The van der Waals surface area contributed by atoms with Gasteiger partial charge in [-0.2, -0.15) is 0 Å². The van der Waals surface area contributed by atoms with E-state index in [1.165, 1.54) is 11.8 Å². The molecule has 0 aliphatic rings. The Morgan fingerprint density at radius 3 is 2.69 bits per heavy atom. The van der Waals surface area contributed by atoms with Crippen LogP contribution in [0.5, 0.6) is 0 Å². The Bertz CT molecular complexity index is 1170. The molecule has 4 aromatic rings. The number of benzene rings is 2. The summed E-state index contributed by atoms with van der Waals surface area (Å²) < 4.78 is 2.18. The zero-order valence-corrected chi connectivity index (χ0v) is 17.4. The van der Waals surface area contributed by atoms with Gasteiger partial charge in [0.1, 0.15) is 5.52 Å². The quantitative estimate of drug-likeness (QED) is 0.452. The van der Waals surface area contributed by atoms with E-state index in [-0.39, 0.29) is 11.7 Å². The lowest BCUT2D eigenvalue weighted by Crippen LogP contribution is -2.15. The average Bonchev–Trinajstić information content (AvgIpc) is 3.06. The van der Waals surface area contributed by atoms with E-state index in [4.69, 9.17) is 4.98 Å². The molecule has 2 aromatic carbocycles. The van der Waals surface area contributed by atoms with E-state index in [0.717, 1.165) is 52.7 Å². The smallest absolute Gasteiger partial charge is 0.234 e. The maximum Gasteiger partial charge on any atom is 0.234 e. The van der Waals surface area contributed by atoms with Gasteiger partial charge in [-0.15, -0.1) is 10.2 Å². The fourth-order valence-electron chi connectivity index (χ4n) is 3.47. The predicted octanol–water partition coefficient (Wildman–Crippen LogP) is 4.68. The Balaban J connectivity index is 1.55. The summed E-state index contributed by atoms with van der Waals surface area (Å²) in [5, 5.41) is 13.2. The van der Waals surface area contributed by atoms with E-state index < -0.39 is 0 Å². The third kappa shape index (κ3) is 3.96. The van der Waals surface area contributed by atoms with Gasteiger partial charge in [0.25, 0.3) is 0 Å². The molecule has 1 N–H and O–H groups in total. The highest BCUT2D eigenvalue weighted by atomic mass is 32.2. The van der Waals surface area contributed by atoms with Crippen LogP contribution in [0.25, 0.3) is 22.1 Å². The van der Waals surface area contributed by atoms with Crippen LogP contribution in [-0.4, -0.2) is 31.4 Å². The monoisotopic (exact) mass is 405 g/mol. The van der Waals surface area contributed by atoms with Gasteiger partial charge in [0.05, 0.1) is 11.3 Å². The van der Waals surface area contributed by atoms with Crippen molar-refractivity contribution in [3.05, 3.63) is 54.1 Å². The molecule has 29 heavy (non-hydrogen) atoms. The van der Waals surface area contributed by atoms with Gasteiger partial charge >= 0.3 is 0 Å². The second-order valence-corrected chi connectivity index (χ2v) is 7.73. The van der Waals surface area contributed by atoms with Gasteiger partial charge in [0, 0.05) is 17.6 Å². The number of aromatic nitrogens is 4. The van der Waals surface area contributed by atoms with Gasteiger partial charge in [0.2, 0.25) is 11.1 Å². The van der Waals surface area contributed by atoms with Gasteiger partial charge in [-0.05, 0) is 30.5 Å². The average molecular weight is 406 g/mol. The number of aryl methyl sites for hydroxylation is 2. The summed E-state index contributed by atoms with van der Waals surface area (Å²) >= 11 is 1.30. The predicted molar refractivity (Wildman–Crippen MR) is 118 cm³/mol. The van der Waals surface area contributed by atoms with Crippen LogP contribution in [-0.2, 0) is 17.8 Å². The van der Waals surface area contributed by atoms with Gasteiger partial charge in [-0.3, -0.25) is 4.79 Å². The SMILES string of the molecule is CCCn1c2ccccc2c2nnc(SCC(=O)Nc3ccccc3CC)nc21. The molecule has 2 heterocycles. The van der Waals surface area contributed by atoms with Crippen molar-refractivity contribution >= 4 is 45.4 Å². The number of carbonyl (C=O) groups excluding carboxylic acids is 1. The van der Waals surface area contributed by atoms with Crippen LogP contribution >= 0.6 is 11.8 Å². The van der Waals surface area contributed by atoms with E-state index in [9.17, 15) is 4.79 Å². The number of fused-ring (bicyclic) bond motifs is 3. The molecule has 0 saturated heterocycles. The number of nitrogens with one attached hydrogen (secondary N) is 1. The van der Waals surface area contributed by atoms with Crippen molar-refractivity contribution in [2.45, 2.75) is 38.4 Å². The second kappa shape index (κ2) is 8.61. The first-order valence-electron chi connectivity index (χ1n) is 9.83. The fourth-order valence-corrected chi connectivity index (χ4v) is 4.05. The van der Waals surface area contributed by atoms with E-state index in [1.807, 2.05) is 42.5 Å². The maximum absolute atomic E-state index is 12.4. The molecular formula is C22H23N5OS. The topological polar surface area (TPSA) is 72.7 Å². The molecule has 0 spiro atoms. The molecule has 7 heteroatoms. The van der Waals surface area contributed by atoms with E-state index >= 15 is 0 Å². The third-order valence-electron chi connectivity index (χ3n) is 4.81. The van der Waals surface area contributed by atoms with Crippen molar-refractivity contribution < 1.29 is 4.79 Å². The third-order valence-corrected chi connectivity index (χ3v) is 5.64. The van der Waals surface area contributed by atoms with Crippen LogP contribution in [0.3, 0.4) is 0 Å². The summed E-state index contributed by atoms with van der Waals surface area (Å²) in [6, 6.07) is 16.0. The van der Waals surface area contributed by atoms with Gasteiger partial charge in [0.15, 0.2) is 5.65 Å². The molecule has 2 aromatic heterocycles. The van der Waals surface area contributed by atoms with Gasteiger partial charge in [-0.1, -0.05) is 62.0 Å². The van der Waals surface area contributed by atoms with Crippen LogP contribution in [0.15, 0.2) is 53.7 Å². The van der Waals surface area contributed by atoms with Crippen molar-refractivity contribution in [2.75, 3.05) is 11.1 Å². The van der Waals surface area contributed by atoms with Gasteiger partial charge < -0.3 is 9.88 Å². The minimum Gasteiger partial charge on any atom is -0.325 e. The number of thioether (sulfide) groups is 1. The molecule has 0 radical (unpaired) electrons. The van der Waals surface area contributed by atoms with Crippen LogP contribution in [0, 0.1) is 0 Å². The van der Waals surface area contributed by atoms with E-state index in [1.54, 1.807) is 0 Å². The second-order valence-electron chi connectivity index (χ2n) is 6.78. The molecule has 0 aliphatic heterocycles. The fraction of sp³-hybridized carbons (Fsp3) is 0.273. The lowest BCUT2D eigenvalue weighted by Gasteiger charge is -2.09. The molecule has 4 rings (SSSR count). The van der Waals surface area contributed by atoms with Crippen LogP contribution < -0.4 is 5.32 Å². The molecule has 0 atom stereocenters. The minimum absolute atomic E-state index is 0.0753. The number of para-hydroxylation sites is 2. The largest absolute Gasteiger partial charge is 0.325 e. The first kappa shape index (κ1) is 19.4. The molecule has 0 unspecified atom stereocenters. The number of amides is 1. The highest BCUT2D eigenvalue weighted by Crippen LogP contribution is 2.27. The summed E-state index contributed by atoms with van der Waals surface area (Å²) in [5.41, 5.74) is 4.72. The standard InChI is InChI=1S/C22H23N5OS/c1-3-13-27-18-12-8-6-10-16(18)20-21(27)24-22(26-25-20)29-14-19(28)23-17-11-7-5-9-15(17)4-2/h5-12H,3-4,13-14H2,1-2H3,(H,23,28). The zero-order chi connectivity index (χ0) is 20.2. The Labute approximate surface area is 173 Å². The molecule has 0 bridgehead atoms. The summed E-state index contributed by atoms with van der Waals surface area (Å²) in [6.45, 7) is 5.08. The number of carbonyl (C=O) groups is 1. The van der Waals surface area contributed by atoms with Crippen molar-refractivity contribution in [3.8, 4) is 0 Å². The number of rotatable bonds is 7. The summed E-state index contributed by atoms with van der Waals surface area (Å²) in [5.74, 6) is 0.160. The van der Waals surface area contributed by atoms with Crippen molar-refractivity contribution in [3.63, 3.8) is 0 Å².